The van der Waals surface area contributed by atoms with Crippen molar-refractivity contribution in [3.05, 3.63) is 101 Å². The van der Waals surface area contributed by atoms with Crippen LogP contribution in [-0.4, -0.2) is 26.9 Å². The summed E-state index contributed by atoms with van der Waals surface area (Å²) in [7, 11) is 0. The van der Waals surface area contributed by atoms with Crippen LogP contribution in [0.5, 0.6) is 0 Å². The Kier molecular flexibility index (Phi) is 6.13. The van der Waals surface area contributed by atoms with Crippen molar-refractivity contribution < 1.29 is 19.2 Å². The fraction of sp³-hybridized carbons (Fsp3) is 0.0800. The first-order valence-electron chi connectivity index (χ1n) is 10.6. The second-order valence-electron chi connectivity index (χ2n) is 8.07. The number of hydrogen-bond acceptors (Lipinski definition) is 9. The number of rotatable bonds is 5. The number of carboxylic acids is 1. The largest absolute Gasteiger partial charge is 0.478 e. The molecule has 0 atom stereocenters. The van der Waals surface area contributed by atoms with Gasteiger partial charge >= 0.3 is 5.97 Å². The van der Waals surface area contributed by atoms with E-state index < -0.39 is 38.8 Å². The summed E-state index contributed by atoms with van der Waals surface area (Å²) in [5.74, 6) is -2.25. The lowest BCUT2D eigenvalue weighted by atomic mass is 9.95. The topological polar surface area (TPSA) is 195 Å². The SMILES string of the molecule is Cc1cc(C)c2occ(/C=N/n3c(N)c(C(=O)O)c(-c4cccc([N+](=O)[O-])c4)c(C#N)c3=O)c(=O)c2c1. The number of nitrogens with two attached hydrogens (primary N) is 1. The van der Waals surface area contributed by atoms with Gasteiger partial charge in [-0.3, -0.25) is 19.7 Å². The zero-order valence-electron chi connectivity index (χ0n) is 19.4. The molecule has 4 aromatic rings. The molecule has 0 fully saturated rings. The second-order valence-corrected chi connectivity index (χ2v) is 8.07. The number of fused-ring (bicyclic) bond motifs is 1. The van der Waals surface area contributed by atoms with E-state index in [0.29, 0.717) is 10.3 Å². The number of hydrogen-bond donors (Lipinski definition) is 2. The van der Waals surface area contributed by atoms with E-state index in [9.17, 15) is 34.9 Å². The summed E-state index contributed by atoms with van der Waals surface area (Å²) in [5, 5.41) is 34.9. The maximum Gasteiger partial charge on any atom is 0.340 e. The Morgan fingerprint density at radius 3 is 2.65 bits per heavy atom. The van der Waals surface area contributed by atoms with Gasteiger partial charge in [0.25, 0.3) is 11.2 Å². The number of benzene rings is 2. The van der Waals surface area contributed by atoms with E-state index >= 15 is 0 Å². The molecule has 2 aromatic carbocycles. The molecule has 0 aliphatic carbocycles. The van der Waals surface area contributed by atoms with Gasteiger partial charge in [0.15, 0.2) is 0 Å². The van der Waals surface area contributed by atoms with Crippen LogP contribution in [0, 0.1) is 35.3 Å². The van der Waals surface area contributed by atoms with Crippen LogP contribution >= 0.6 is 0 Å². The Morgan fingerprint density at radius 1 is 1.27 bits per heavy atom. The quantitative estimate of drug-likeness (QED) is 0.235. The summed E-state index contributed by atoms with van der Waals surface area (Å²) < 4.78 is 6.04. The average molecular weight is 499 g/mol. The Labute approximate surface area is 207 Å². The molecule has 37 heavy (non-hydrogen) atoms. The van der Waals surface area contributed by atoms with Crippen LogP contribution in [0.1, 0.15) is 32.6 Å². The number of aryl methyl sites for hydroxylation is 2. The fourth-order valence-electron chi connectivity index (χ4n) is 4.00. The van der Waals surface area contributed by atoms with Crippen molar-refractivity contribution in [2.45, 2.75) is 13.8 Å². The van der Waals surface area contributed by atoms with Gasteiger partial charge in [-0.15, -0.1) is 0 Å². The molecule has 0 spiro atoms. The Balaban J connectivity index is 1.96. The van der Waals surface area contributed by atoms with Gasteiger partial charge in [0.1, 0.15) is 34.9 Å². The van der Waals surface area contributed by atoms with Crippen molar-refractivity contribution >= 4 is 34.7 Å². The van der Waals surface area contributed by atoms with Gasteiger partial charge in [0.2, 0.25) is 5.43 Å². The summed E-state index contributed by atoms with van der Waals surface area (Å²) in [5.41, 5.74) is 4.22. The molecule has 0 amide bonds. The third-order valence-corrected chi connectivity index (χ3v) is 5.60. The van der Waals surface area contributed by atoms with Crippen molar-refractivity contribution in [2.75, 3.05) is 5.73 Å². The summed E-state index contributed by atoms with van der Waals surface area (Å²) in [6.07, 6.45) is 2.11. The number of nitrogens with zero attached hydrogens (tertiary/aromatic N) is 4. The third kappa shape index (κ3) is 4.21. The van der Waals surface area contributed by atoms with Crippen LogP contribution in [-0.2, 0) is 0 Å². The molecule has 12 heteroatoms. The summed E-state index contributed by atoms with van der Waals surface area (Å²) in [4.78, 5) is 48.7. The van der Waals surface area contributed by atoms with Crippen molar-refractivity contribution in [3.8, 4) is 17.2 Å². The van der Waals surface area contributed by atoms with Crippen LogP contribution in [0.3, 0.4) is 0 Å². The summed E-state index contributed by atoms with van der Waals surface area (Å²) >= 11 is 0. The highest BCUT2D eigenvalue weighted by Gasteiger charge is 2.27. The number of carboxylic acid groups (broad SMARTS) is 1. The molecular formula is C25H17N5O7. The van der Waals surface area contributed by atoms with E-state index in [-0.39, 0.29) is 27.8 Å². The molecule has 4 rings (SSSR count). The molecule has 0 radical (unpaired) electrons. The average Bonchev–Trinajstić information content (AvgIpc) is 2.84. The number of aromatic nitrogens is 1. The molecule has 0 unspecified atom stereocenters. The highest BCUT2D eigenvalue weighted by atomic mass is 16.6. The van der Waals surface area contributed by atoms with Crippen LogP contribution < -0.4 is 16.7 Å². The third-order valence-electron chi connectivity index (χ3n) is 5.60. The number of carbonyl (C=O) groups is 1. The van der Waals surface area contributed by atoms with Gasteiger partial charge in [-0.1, -0.05) is 18.2 Å². The predicted octanol–water partition coefficient (Wildman–Crippen LogP) is 3.18. The monoisotopic (exact) mass is 499 g/mol. The van der Waals surface area contributed by atoms with Crippen molar-refractivity contribution in [1.82, 2.24) is 4.68 Å². The molecule has 0 aliphatic heterocycles. The number of anilines is 1. The van der Waals surface area contributed by atoms with Crippen LogP contribution in [0.4, 0.5) is 11.5 Å². The first-order valence-corrected chi connectivity index (χ1v) is 10.6. The Hall–Kier alpha value is -5.57. The van der Waals surface area contributed by atoms with Crippen molar-refractivity contribution in [3.63, 3.8) is 0 Å². The van der Waals surface area contributed by atoms with Crippen LogP contribution in [0.15, 0.2) is 61.8 Å². The first kappa shape index (κ1) is 24.6. The number of nitriles is 1. The van der Waals surface area contributed by atoms with E-state index in [1.165, 1.54) is 18.2 Å². The lowest BCUT2D eigenvalue weighted by Crippen LogP contribution is -2.27. The van der Waals surface area contributed by atoms with Gasteiger partial charge in [-0.25, -0.2) is 4.79 Å². The predicted molar refractivity (Wildman–Crippen MR) is 134 cm³/mol. The van der Waals surface area contributed by atoms with Crippen molar-refractivity contribution in [2.24, 2.45) is 5.10 Å². The Morgan fingerprint density at radius 2 is 2.00 bits per heavy atom. The van der Waals surface area contributed by atoms with E-state index in [1.54, 1.807) is 19.1 Å². The van der Waals surface area contributed by atoms with E-state index in [1.807, 2.05) is 13.0 Å². The van der Waals surface area contributed by atoms with Gasteiger partial charge in [0, 0.05) is 17.7 Å². The molecule has 0 bridgehead atoms. The molecule has 0 aliphatic rings. The van der Waals surface area contributed by atoms with Gasteiger partial charge in [-0.2, -0.15) is 15.0 Å². The molecule has 0 saturated carbocycles. The number of aromatic carboxylic acids is 1. The van der Waals surface area contributed by atoms with Gasteiger partial charge in [-0.05, 0) is 36.6 Å². The Bertz CT molecular complexity index is 1830. The lowest BCUT2D eigenvalue weighted by molar-refractivity contribution is -0.384. The zero-order valence-corrected chi connectivity index (χ0v) is 19.4. The maximum absolute atomic E-state index is 13.1. The molecule has 0 saturated heterocycles. The number of non-ortho nitro benzene ring substituents is 1. The first-order chi connectivity index (χ1) is 17.5. The standard InChI is InChI=1S/C25H17N5O7/c1-12-6-13(2)22-17(7-12)21(31)15(11-37-22)10-28-29-23(27)20(25(33)34)19(18(9-26)24(29)32)14-4-3-5-16(8-14)30(35)36/h3-8,10-11H,27H2,1-2H3,(H,33,34)/b28-10+. The molecule has 184 valence electrons. The summed E-state index contributed by atoms with van der Waals surface area (Å²) in [6.45, 7) is 3.60. The smallest absolute Gasteiger partial charge is 0.340 e. The van der Waals surface area contributed by atoms with Gasteiger partial charge in [0.05, 0.1) is 22.1 Å². The molecular weight excluding hydrogens is 482 g/mol. The minimum atomic E-state index is -1.60. The fourth-order valence-corrected chi connectivity index (χ4v) is 4.00. The van der Waals surface area contributed by atoms with Crippen LogP contribution in [0.2, 0.25) is 0 Å². The minimum Gasteiger partial charge on any atom is -0.478 e. The lowest BCUT2D eigenvalue weighted by Gasteiger charge is -2.14. The van der Waals surface area contributed by atoms with Crippen molar-refractivity contribution in [1.29, 1.82) is 5.26 Å². The highest BCUT2D eigenvalue weighted by molar-refractivity contribution is 6.02. The molecule has 2 aromatic heterocycles. The number of nitro benzene ring substituents is 1. The van der Waals surface area contributed by atoms with Crippen LogP contribution in [0.25, 0.3) is 22.1 Å². The number of nitro groups is 1. The molecule has 12 nitrogen and oxygen atoms in total. The second kappa shape index (κ2) is 9.23. The summed E-state index contributed by atoms with van der Waals surface area (Å²) in [6, 6.07) is 9.91. The van der Waals surface area contributed by atoms with E-state index in [2.05, 4.69) is 5.10 Å². The van der Waals surface area contributed by atoms with Gasteiger partial charge < -0.3 is 15.3 Å². The highest BCUT2D eigenvalue weighted by Crippen LogP contribution is 2.32. The maximum atomic E-state index is 13.1. The normalized spacial score (nSPS) is 11.1. The minimum absolute atomic E-state index is 0.0538. The number of pyridine rings is 1. The number of nitrogen functional groups attached to an aromatic ring is 1. The van der Waals surface area contributed by atoms with E-state index in [4.69, 9.17) is 10.2 Å². The molecule has 3 N–H and O–H groups in total. The molecule has 2 heterocycles. The van der Waals surface area contributed by atoms with E-state index in [0.717, 1.165) is 29.7 Å². The zero-order chi connectivity index (χ0) is 27.0.